The largest absolute Gasteiger partial charge is 0.484 e. The van der Waals surface area contributed by atoms with E-state index in [2.05, 4.69) is 34.1 Å². The molecule has 2 fully saturated rings. The summed E-state index contributed by atoms with van der Waals surface area (Å²) in [6, 6.07) is 12.8. The molecule has 4 heterocycles. The van der Waals surface area contributed by atoms with Gasteiger partial charge in [-0.3, -0.25) is 13.9 Å². The van der Waals surface area contributed by atoms with E-state index >= 15 is 0 Å². The van der Waals surface area contributed by atoms with Gasteiger partial charge in [0.05, 0.1) is 0 Å². The van der Waals surface area contributed by atoms with E-state index in [1.165, 1.54) is 5.56 Å². The first-order valence-electron chi connectivity index (χ1n) is 10.2. The van der Waals surface area contributed by atoms with Crippen LogP contribution in [-0.4, -0.2) is 68.7 Å². The maximum Gasteiger partial charge on any atom is 0.257 e. The third-order valence-corrected chi connectivity index (χ3v) is 6.77. The van der Waals surface area contributed by atoms with Gasteiger partial charge < -0.3 is 14.4 Å². The molecule has 1 aromatic carbocycles. The van der Waals surface area contributed by atoms with E-state index in [9.17, 15) is 9.00 Å². The van der Waals surface area contributed by atoms with Crippen LogP contribution in [0, 0.1) is 0 Å². The molecule has 7 nitrogen and oxygen atoms in total. The zero-order valence-corrected chi connectivity index (χ0v) is 17.7. The quantitative estimate of drug-likeness (QED) is 0.724. The third kappa shape index (κ3) is 3.81. The lowest BCUT2D eigenvalue weighted by molar-refractivity contribution is -0.130. The van der Waals surface area contributed by atoms with Crippen molar-refractivity contribution in [1.82, 2.24) is 14.8 Å². The number of benzene rings is 1. The van der Waals surface area contributed by atoms with Gasteiger partial charge in [-0.05, 0) is 29.7 Å². The van der Waals surface area contributed by atoms with E-state index in [0.29, 0.717) is 24.3 Å². The summed E-state index contributed by atoms with van der Waals surface area (Å²) >= 11 is 0. The van der Waals surface area contributed by atoms with Crippen molar-refractivity contribution in [2.75, 3.05) is 31.7 Å². The number of fused-ring (bicyclic) bond motifs is 3. The van der Waals surface area contributed by atoms with Gasteiger partial charge in [-0.1, -0.05) is 24.3 Å². The number of aromatic nitrogens is 1. The molecule has 158 valence electrons. The van der Waals surface area contributed by atoms with Crippen molar-refractivity contribution < 1.29 is 18.5 Å². The molecule has 2 bridgehead atoms. The lowest BCUT2D eigenvalue weighted by Crippen LogP contribution is -2.49. The highest BCUT2D eigenvalue weighted by molar-refractivity contribution is 7.85. The van der Waals surface area contributed by atoms with E-state index in [0.717, 1.165) is 31.6 Å². The monoisotopic (exact) mass is 427 g/mol. The van der Waals surface area contributed by atoms with Crippen molar-refractivity contribution in [3.8, 4) is 11.6 Å². The van der Waals surface area contributed by atoms with Crippen LogP contribution in [0.25, 0.3) is 0 Å². The summed E-state index contributed by atoms with van der Waals surface area (Å²) in [5.41, 5.74) is 2.32. The van der Waals surface area contributed by atoms with Crippen LogP contribution in [0.1, 0.15) is 23.7 Å². The number of ether oxygens (including phenoxy) is 2. The minimum absolute atomic E-state index is 0.0260. The van der Waals surface area contributed by atoms with Crippen LogP contribution >= 0.6 is 0 Å². The predicted octanol–water partition coefficient (Wildman–Crippen LogP) is 1.76. The number of hydrogen-bond donors (Lipinski definition) is 0. The lowest BCUT2D eigenvalue weighted by atomic mass is 10.1. The fraction of sp³-hybridized carbons (Fsp3) is 0.455. The van der Waals surface area contributed by atoms with Gasteiger partial charge in [-0.25, -0.2) is 4.98 Å². The fourth-order valence-corrected chi connectivity index (χ4v) is 5.16. The number of pyridine rings is 1. The summed E-state index contributed by atoms with van der Waals surface area (Å²) in [6.07, 6.45) is 4.14. The zero-order chi connectivity index (χ0) is 20.7. The second kappa shape index (κ2) is 8.00. The molecular formula is C22H25N3O4S. The summed E-state index contributed by atoms with van der Waals surface area (Å²) in [5.74, 6) is 1.39. The normalized spacial score (nSPS) is 26.0. The average Bonchev–Trinajstić information content (AvgIpc) is 3.34. The van der Waals surface area contributed by atoms with E-state index in [4.69, 9.17) is 9.47 Å². The molecule has 2 aromatic rings. The van der Waals surface area contributed by atoms with E-state index in [-0.39, 0.29) is 23.8 Å². The first-order valence-corrected chi connectivity index (χ1v) is 12.0. The van der Waals surface area contributed by atoms with Gasteiger partial charge in [-0.15, -0.1) is 0 Å². The maximum atomic E-state index is 12.3. The Hall–Kier alpha value is -2.45. The van der Waals surface area contributed by atoms with E-state index < -0.39 is 10.8 Å². The van der Waals surface area contributed by atoms with Gasteiger partial charge >= 0.3 is 0 Å². The van der Waals surface area contributed by atoms with Crippen LogP contribution in [0.4, 0.5) is 0 Å². The van der Waals surface area contributed by atoms with Crippen molar-refractivity contribution >= 4 is 16.7 Å². The first-order chi connectivity index (χ1) is 14.6. The van der Waals surface area contributed by atoms with Gasteiger partial charge in [0.1, 0.15) is 12.4 Å². The van der Waals surface area contributed by atoms with Gasteiger partial charge in [0, 0.05) is 55.0 Å². The predicted molar refractivity (Wildman–Crippen MR) is 113 cm³/mol. The maximum absolute atomic E-state index is 12.3. The first kappa shape index (κ1) is 19.5. The Balaban J connectivity index is 1.18. The molecule has 30 heavy (non-hydrogen) atoms. The number of rotatable bonds is 5. The van der Waals surface area contributed by atoms with Crippen LogP contribution < -0.4 is 9.47 Å². The Bertz CT molecular complexity index is 967. The summed E-state index contributed by atoms with van der Waals surface area (Å²) in [7, 11) is -1.08. The highest BCUT2D eigenvalue weighted by atomic mass is 32.2. The molecule has 0 radical (unpaired) electrons. The molecule has 8 heteroatoms. The van der Waals surface area contributed by atoms with Gasteiger partial charge in [0.25, 0.3) is 5.88 Å². The molecule has 0 spiro atoms. The average molecular weight is 428 g/mol. The Labute approximate surface area is 178 Å². The molecular weight excluding hydrogens is 402 g/mol. The van der Waals surface area contributed by atoms with Crippen molar-refractivity contribution in [2.45, 2.75) is 31.2 Å². The molecule has 4 atom stereocenters. The van der Waals surface area contributed by atoms with Crippen molar-refractivity contribution in [1.29, 1.82) is 0 Å². The second-order valence-electron chi connectivity index (χ2n) is 8.20. The van der Waals surface area contributed by atoms with Gasteiger partial charge in [0.2, 0.25) is 5.91 Å². The Kier molecular flexibility index (Phi) is 5.20. The van der Waals surface area contributed by atoms with Gasteiger partial charge in [-0.2, -0.15) is 0 Å². The van der Waals surface area contributed by atoms with E-state index in [1.807, 2.05) is 17.0 Å². The summed E-state index contributed by atoms with van der Waals surface area (Å²) < 4.78 is 23.1. The van der Waals surface area contributed by atoms with Crippen molar-refractivity contribution in [2.24, 2.45) is 0 Å². The Morgan fingerprint density at radius 3 is 2.77 bits per heavy atom. The zero-order valence-electron chi connectivity index (χ0n) is 16.9. The van der Waals surface area contributed by atoms with Crippen LogP contribution in [0.2, 0.25) is 0 Å². The SMILES string of the molecule is CS(=O)CC(=O)N1C[C@@H]2CC1CN2Cc1ccc([C@H]2COc3cccnc3O2)cc1. The number of likely N-dealkylation sites (tertiary alicyclic amines) is 2. The van der Waals surface area contributed by atoms with E-state index in [1.54, 1.807) is 12.5 Å². The van der Waals surface area contributed by atoms with Crippen molar-refractivity contribution in [3.05, 3.63) is 53.7 Å². The number of piperazine rings is 1. The third-order valence-electron chi connectivity index (χ3n) is 6.12. The minimum Gasteiger partial charge on any atom is -0.484 e. The summed E-state index contributed by atoms with van der Waals surface area (Å²) in [4.78, 5) is 20.9. The molecule has 3 aliphatic heterocycles. The lowest BCUT2D eigenvalue weighted by Gasteiger charge is -2.34. The number of amides is 1. The van der Waals surface area contributed by atoms with Crippen LogP contribution in [0.3, 0.4) is 0 Å². The molecule has 2 unspecified atom stereocenters. The minimum atomic E-state index is -1.08. The number of hydrogen-bond acceptors (Lipinski definition) is 6. The molecule has 1 amide bonds. The number of nitrogens with zero attached hydrogens (tertiary/aromatic N) is 3. The second-order valence-corrected chi connectivity index (χ2v) is 9.64. The molecule has 1 aromatic heterocycles. The standard InChI is InChI=1S/C22H25N3O4S/c1-30(27)14-21(26)25-12-17-9-18(25)11-24(17)10-15-4-6-16(7-5-15)20-13-28-19-3-2-8-23-22(19)29-20/h2-8,17-18,20H,9-14H2,1H3/t17-,18?,20+,30?/m0/s1. The molecule has 2 saturated heterocycles. The molecule has 0 aliphatic carbocycles. The van der Waals surface area contributed by atoms with Crippen molar-refractivity contribution in [3.63, 3.8) is 0 Å². The van der Waals surface area contributed by atoms with Crippen LogP contribution in [0.15, 0.2) is 42.6 Å². The molecule has 3 aliphatic rings. The topological polar surface area (TPSA) is 72.0 Å². The van der Waals surface area contributed by atoms with Gasteiger partial charge in [0.15, 0.2) is 11.9 Å². The fourth-order valence-electron chi connectivity index (χ4n) is 4.65. The number of carbonyl (C=O) groups excluding carboxylic acids is 1. The summed E-state index contributed by atoms with van der Waals surface area (Å²) in [6.45, 7) is 2.98. The molecule has 5 rings (SSSR count). The summed E-state index contributed by atoms with van der Waals surface area (Å²) in [5, 5.41) is 0. The van der Waals surface area contributed by atoms with Crippen LogP contribution in [0.5, 0.6) is 11.6 Å². The molecule has 0 saturated carbocycles. The van der Waals surface area contributed by atoms with Crippen LogP contribution in [-0.2, 0) is 22.1 Å². The Morgan fingerprint density at radius 1 is 1.20 bits per heavy atom. The smallest absolute Gasteiger partial charge is 0.257 e. The highest BCUT2D eigenvalue weighted by Gasteiger charge is 2.44. The highest BCUT2D eigenvalue weighted by Crippen LogP contribution is 2.35. The molecule has 0 N–H and O–H groups in total. The Morgan fingerprint density at radius 2 is 2.03 bits per heavy atom. The number of carbonyl (C=O) groups is 1.